The van der Waals surface area contributed by atoms with Crippen LogP contribution in [0.4, 0.5) is 10.5 Å². The molecule has 0 fully saturated rings. The number of amides is 1. The van der Waals surface area contributed by atoms with Gasteiger partial charge in [-0.1, -0.05) is 6.07 Å². The lowest BCUT2D eigenvalue weighted by Crippen LogP contribution is -2.36. The summed E-state index contributed by atoms with van der Waals surface area (Å²) in [6.07, 6.45) is 4.67. The van der Waals surface area contributed by atoms with E-state index in [-0.39, 0.29) is 0 Å². The topological polar surface area (TPSA) is 55.3 Å². The number of anilines is 1. The Morgan fingerprint density at radius 2 is 2.00 bits per heavy atom. The van der Waals surface area contributed by atoms with Crippen molar-refractivity contribution >= 4 is 11.8 Å². The van der Waals surface area contributed by atoms with Crippen molar-refractivity contribution < 1.29 is 9.53 Å². The summed E-state index contributed by atoms with van der Waals surface area (Å²) < 4.78 is 5.48. The van der Waals surface area contributed by atoms with Gasteiger partial charge in [0.2, 0.25) is 0 Å². The third-order valence-electron chi connectivity index (χ3n) is 2.86. The zero-order valence-corrected chi connectivity index (χ0v) is 13.4. The minimum Gasteiger partial charge on any atom is -0.443 e. The summed E-state index contributed by atoms with van der Waals surface area (Å²) in [7, 11) is 0. The van der Waals surface area contributed by atoms with Crippen LogP contribution in [-0.4, -0.2) is 21.7 Å². The third kappa shape index (κ3) is 4.55. The molecular formula is C17H21N3O2. The minimum atomic E-state index is -0.557. The van der Waals surface area contributed by atoms with Gasteiger partial charge < -0.3 is 4.74 Å². The van der Waals surface area contributed by atoms with Gasteiger partial charge in [-0.2, -0.15) is 0 Å². The maximum absolute atomic E-state index is 12.5. The van der Waals surface area contributed by atoms with Gasteiger partial charge in [-0.05, 0) is 51.5 Å². The van der Waals surface area contributed by atoms with Crippen LogP contribution in [0.25, 0.3) is 0 Å². The van der Waals surface area contributed by atoms with Gasteiger partial charge >= 0.3 is 6.09 Å². The number of pyridine rings is 2. The van der Waals surface area contributed by atoms with Crippen molar-refractivity contribution in [2.45, 2.75) is 39.8 Å². The van der Waals surface area contributed by atoms with Crippen molar-refractivity contribution in [3.8, 4) is 0 Å². The Labute approximate surface area is 131 Å². The molecule has 5 nitrogen and oxygen atoms in total. The Balaban J connectivity index is 2.25. The number of nitrogens with zero attached hydrogens (tertiary/aromatic N) is 3. The molecule has 0 aliphatic carbocycles. The van der Waals surface area contributed by atoms with Crippen LogP contribution >= 0.6 is 0 Å². The summed E-state index contributed by atoms with van der Waals surface area (Å²) in [6.45, 7) is 7.84. The Hall–Kier alpha value is -2.43. The molecule has 0 aliphatic heterocycles. The van der Waals surface area contributed by atoms with Gasteiger partial charge in [0.1, 0.15) is 5.60 Å². The van der Waals surface area contributed by atoms with E-state index in [0.29, 0.717) is 12.2 Å². The first kappa shape index (κ1) is 15.9. The monoisotopic (exact) mass is 299 g/mol. The normalized spacial score (nSPS) is 11.1. The molecule has 1 amide bonds. The molecule has 0 bridgehead atoms. The zero-order valence-electron chi connectivity index (χ0n) is 13.4. The Morgan fingerprint density at radius 1 is 1.23 bits per heavy atom. The third-order valence-corrected chi connectivity index (χ3v) is 2.86. The van der Waals surface area contributed by atoms with Gasteiger partial charge in [-0.25, -0.2) is 4.79 Å². The van der Waals surface area contributed by atoms with Crippen molar-refractivity contribution in [1.82, 2.24) is 9.97 Å². The molecule has 116 valence electrons. The summed E-state index contributed by atoms with van der Waals surface area (Å²) in [5.74, 6) is 0. The van der Waals surface area contributed by atoms with Gasteiger partial charge in [0.05, 0.1) is 24.1 Å². The van der Waals surface area contributed by atoms with E-state index in [1.807, 2.05) is 45.9 Å². The molecule has 0 saturated heterocycles. The fraction of sp³-hybridized carbons (Fsp3) is 0.353. The number of aryl methyl sites for hydroxylation is 1. The van der Waals surface area contributed by atoms with E-state index >= 15 is 0 Å². The smallest absolute Gasteiger partial charge is 0.415 e. The quantitative estimate of drug-likeness (QED) is 0.866. The average Bonchev–Trinajstić information content (AvgIpc) is 2.45. The largest absolute Gasteiger partial charge is 0.443 e. The van der Waals surface area contributed by atoms with Gasteiger partial charge in [0.25, 0.3) is 0 Å². The van der Waals surface area contributed by atoms with E-state index in [1.165, 1.54) is 4.90 Å². The molecule has 0 atom stereocenters. The van der Waals surface area contributed by atoms with Crippen molar-refractivity contribution in [2.75, 3.05) is 4.90 Å². The molecule has 0 unspecified atom stereocenters. The van der Waals surface area contributed by atoms with Crippen LogP contribution in [0, 0.1) is 6.92 Å². The predicted molar refractivity (Wildman–Crippen MR) is 85.6 cm³/mol. The highest BCUT2D eigenvalue weighted by Crippen LogP contribution is 2.19. The van der Waals surface area contributed by atoms with Crippen LogP contribution < -0.4 is 4.90 Å². The Bertz CT molecular complexity index is 619. The molecule has 0 aliphatic rings. The number of hydrogen-bond donors (Lipinski definition) is 0. The summed E-state index contributed by atoms with van der Waals surface area (Å²) in [4.78, 5) is 22.4. The first-order valence-corrected chi connectivity index (χ1v) is 7.17. The maximum atomic E-state index is 12.5. The lowest BCUT2D eigenvalue weighted by Gasteiger charge is -2.27. The number of carbonyl (C=O) groups is 1. The predicted octanol–water partition coefficient (Wildman–Crippen LogP) is 3.73. The molecule has 0 N–H and O–H groups in total. The summed E-state index contributed by atoms with van der Waals surface area (Å²) in [6, 6.07) is 7.49. The molecular weight excluding hydrogens is 278 g/mol. The summed E-state index contributed by atoms with van der Waals surface area (Å²) in [5.41, 5.74) is 1.99. The van der Waals surface area contributed by atoms with Crippen LogP contribution in [-0.2, 0) is 11.3 Å². The zero-order chi connectivity index (χ0) is 16.2. The first-order chi connectivity index (χ1) is 10.3. The molecule has 0 saturated carbocycles. The van der Waals surface area contributed by atoms with Gasteiger partial charge in [0, 0.05) is 12.4 Å². The fourth-order valence-corrected chi connectivity index (χ4v) is 1.85. The average molecular weight is 299 g/mol. The molecule has 2 heterocycles. The number of rotatable bonds is 3. The number of ether oxygens (including phenoxy) is 1. The van der Waals surface area contributed by atoms with Crippen LogP contribution in [0.3, 0.4) is 0 Å². The summed E-state index contributed by atoms with van der Waals surface area (Å²) >= 11 is 0. The number of aromatic nitrogens is 2. The van der Waals surface area contributed by atoms with Gasteiger partial charge in [-0.15, -0.1) is 0 Å². The Morgan fingerprint density at radius 3 is 2.55 bits per heavy atom. The molecule has 2 rings (SSSR count). The second-order valence-electron chi connectivity index (χ2n) is 6.10. The summed E-state index contributed by atoms with van der Waals surface area (Å²) in [5, 5.41) is 0. The Kier molecular flexibility index (Phi) is 4.75. The molecule has 2 aromatic heterocycles. The van der Waals surface area contributed by atoms with Gasteiger partial charge in [-0.3, -0.25) is 14.9 Å². The lowest BCUT2D eigenvalue weighted by atomic mass is 10.2. The van der Waals surface area contributed by atoms with Crippen molar-refractivity contribution in [1.29, 1.82) is 0 Å². The highest BCUT2D eigenvalue weighted by Gasteiger charge is 2.24. The molecule has 0 radical (unpaired) electrons. The number of hydrogen-bond acceptors (Lipinski definition) is 4. The van der Waals surface area contributed by atoms with E-state index in [1.54, 1.807) is 24.7 Å². The fourth-order valence-electron chi connectivity index (χ4n) is 1.85. The molecule has 2 aromatic rings. The van der Waals surface area contributed by atoms with Crippen molar-refractivity contribution in [3.05, 3.63) is 54.1 Å². The number of carbonyl (C=O) groups excluding carboxylic acids is 1. The molecule has 0 aromatic carbocycles. The molecule has 0 spiro atoms. The minimum absolute atomic E-state index is 0.334. The van der Waals surface area contributed by atoms with E-state index in [4.69, 9.17) is 4.74 Å². The van der Waals surface area contributed by atoms with Crippen molar-refractivity contribution in [2.24, 2.45) is 0 Å². The molecule has 22 heavy (non-hydrogen) atoms. The van der Waals surface area contributed by atoms with Gasteiger partial charge in [0.15, 0.2) is 0 Å². The standard InChI is InChI=1S/C17H21N3O2/c1-13-7-8-14(19-10-13)12-20(15-6-5-9-18-11-15)16(21)22-17(2,3)4/h5-11H,12H2,1-4H3. The van der Waals surface area contributed by atoms with E-state index < -0.39 is 11.7 Å². The van der Waals surface area contributed by atoms with Crippen LogP contribution in [0.15, 0.2) is 42.9 Å². The van der Waals surface area contributed by atoms with Crippen molar-refractivity contribution in [3.63, 3.8) is 0 Å². The lowest BCUT2D eigenvalue weighted by molar-refractivity contribution is 0.0577. The first-order valence-electron chi connectivity index (χ1n) is 7.17. The second kappa shape index (κ2) is 6.56. The van der Waals surface area contributed by atoms with Crippen LogP contribution in [0.5, 0.6) is 0 Å². The second-order valence-corrected chi connectivity index (χ2v) is 6.10. The van der Waals surface area contributed by atoms with E-state index in [2.05, 4.69) is 9.97 Å². The SMILES string of the molecule is Cc1ccc(CN(C(=O)OC(C)(C)C)c2cccnc2)nc1. The van der Waals surface area contributed by atoms with Crippen LogP contribution in [0.1, 0.15) is 32.0 Å². The molecule has 5 heteroatoms. The van der Waals surface area contributed by atoms with E-state index in [0.717, 1.165) is 11.3 Å². The van der Waals surface area contributed by atoms with Crippen LogP contribution in [0.2, 0.25) is 0 Å². The highest BCUT2D eigenvalue weighted by molar-refractivity contribution is 5.87. The highest BCUT2D eigenvalue weighted by atomic mass is 16.6. The van der Waals surface area contributed by atoms with E-state index in [9.17, 15) is 4.79 Å². The maximum Gasteiger partial charge on any atom is 0.415 e.